The summed E-state index contributed by atoms with van der Waals surface area (Å²) >= 11 is 0. The number of hydrogen-bond acceptors (Lipinski definition) is 3. The third-order valence-corrected chi connectivity index (χ3v) is 3.86. The molecule has 0 aromatic carbocycles. The molecule has 16 heavy (non-hydrogen) atoms. The van der Waals surface area contributed by atoms with Gasteiger partial charge in [-0.2, -0.15) is 0 Å². The molecular formula is C12H23NO3. The molecule has 2 N–H and O–H groups in total. The summed E-state index contributed by atoms with van der Waals surface area (Å²) in [5.41, 5.74) is -1.39. The highest BCUT2D eigenvalue weighted by atomic mass is 16.4. The van der Waals surface area contributed by atoms with Crippen LogP contribution in [0.2, 0.25) is 0 Å². The van der Waals surface area contributed by atoms with Crippen LogP contribution in [0.25, 0.3) is 0 Å². The number of likely N-dealkylation sites (tertiary alicyclic amines) is 1. The fourth-order valence-corrected chi connectivity index (χ4v) is 2.00. The monoisotopic (exact) mass is 229 g/mol. The molecule has 0 aromatic heterocycles. The molecule has 2 atom stereocenters. The molecule has 4 nitrogen and oxygen atoms in total. The number of carboxylic acids is 1. The van der Waals surface area contributed by atoms with Crippen molar-refractivity contribution >= 4 is 5.97 Å². The van der Waals surface area contributed by atoms with Crippen LogP contribution in [0.4, 0.5) is 0 Å². The zero-order chi connectivity index (χ0) is 12.6. The van der Waals surface area contributed by atoms with E-state index in [1.165, 1.54) is 0 Å². The minimum absolute atomic E-state index is 0.171. The average Bonchev–Trinajstić information content (AvgIpc) is 2.47. The molecule has 1 heterocycles. The van der Waals surface area contributed by atoms with Gasteiger partial charge in [0.15, 0.2) is 0 Å². The number of nitrogens with zero attached hydrogens (tertiary/aromatic N) is 1. The molecule has 0 amide bonds. The standard InChI is InChI=1S/C12H23NO3/c1-9(2)12(4,16)8-13-6-5-11(3,7-13)10(14)15/h9,16H,5-8H2,1-4H3,(H,14,15). The van der Waals surface area contributed by atoms with Crippen LogP contribution in [-0.2, 0) is 4.79 Å². The molecule has 1 aliphatic heterocycles. The van der Waals surface area contributed by atoms with Gasteiger partial charge in [-0.25, -0.2) is 0 Å². The third kappa shape index (κ3) is 2.74. The maximum absolute atomic E-state index is 11.1. The van der Waals surface area contributed by atoms with Gasteiger partial charge in [0.2, 0.25) is 0 Å². The highest BCUT2D eigenvalue weighted by Gasteiger charge is 2.42. The van der Waals surface area contributed by atoms with E-state index in [0.29, 0.717) is 19.5 Å². The molecular weight excluding hydrogens is 206 g/mol. The second-order valence-corrected chi connectivity index (χ2v) is 5.84. The Morgan fingerprint density at radius 3 is 2.50 bits per heavy atom. The third-order valence-electron chi connectivity index (χ3n) is 3.86. The topological polar surface area (TPSA) is 60.8 Å². The summed E-state index contributed by atoms with van der Waals surface area (Å²) in [6.45, 7) is 9.39. The van der Waals surface area contributed by atoms with Crippen LogP contribution in [0.3, 0.4) is 0 Å². The van der Waals surface area contributed by atoms with Crippen LogP contribution in [0.1, 0.15) is 34.1 Å². The molecule has 0 radical (unpaired) electrons. The van der Waals surface area contributed by atoms with Gasteiger partial charge < -0.3 is 10.2 Å². The first-order valence-electron chi connectivity index (χ1n) is 5.85. The van der Waals surface area contributed by atoms with Gasteiger partial charge in [-0.15, -0.1) is 0 Å². The fourth-order valence-electron chi connectivity index (χ4n) is 2.00. The Morgan fingerprint density at radius 1 is 1.56 bits per heavy atom. The van der Waals surface area contributed by atoms with E-state index in [-0.39, 0.29) is 5.92 Å². The maximum atomic E-state index is 11.1. The van der Waals surface area contributed by atoms with Gasteiger partial charge in [0.25, 0.3) is 0 Å². The Hall–Kier alpha value is -0.610. The molecule has 0 aliphatic carbocycles. The Balaban J connectivity index is 2.58. The quantitative estimate of drug-likeness (QED) is 0.760. The Labute approximate surface area is 97.3 Å². The number of carboxylic acid groups (broad SMARTS) is 1. The number of hydrogen-bond donors (Lipinski definition) is 2. The zero-order valence-corrected chi connectivity index (χ0v) is 10.7. The van der Waals surface area contributed by atoms with Gasteiger partial charge in [-0.1, -0.05) is 13.8 Å². The van der Waals surface area contributed by atoms with Crippen LogP contribution in [0, 0.1) is 11.3 Å². The molecule has 94 valence electrons. The lowest BCUT2D eigenvalue weighted by atomic mass is 9.90. The minimum Gasteiger partial charge on any atom is -0.481 e. The normalized spacial score (nSPS) is 30.6. The molecule has 0 spiro atoms. The van der Waals surface area contributed by atoms with E-state index in [4.69, 9.17) is 5.11 Å². The zero-order valence-electron chi connectivity index (χ0n) is 10.7. The fraction of sp³-hybridized carbons (Fsp3) is 0.917. The van der Waals surface area contributed by atoms with E-state index >= 15 is 0 Å². The first-order valence-corrected chi connectivity index (χ1v) is 5.85. The Morgan fingerprint density at radius 2 is 2.12 bits per heavy atom. The van der Waals surface area contributed by atoms with Crippen molar-refractivity contribution in [2.24, 2.45) is 11.3 Å². The predicted octanol–water partition coefficient (Wildman–Crippen LogP) is 1.19. The van der Waals surface area contributed by atoms with Crippen molar-refractivity contribution in [1.29, 1.82) is 0 Å². The van der Waals surface area contributed by atoms with Crippen LogP contribution < -0.4 is 0 Å². The molecule has 0 bridgehead atoms. The molecule has 1 saturated heterocycles. The highest BCUT2D eigenvalue weighted by molar-refractivity contribution is 5.74. The van der Waals surface area contributed by atoms with Crippen LogP contribution in [-0.4, -0.2) is 46.3 Å². The highest BCUT2D eigenvalue weighted by Crippen LogP contribution is 2.31. The summed E-state index contributed by atoms with van der Waals surface area (Å²) in [6.07, 6.45) is 0.663. The number of rotatable bonds is 4. The number of aliphatic carboxylic acids is 1. The van der Waals surface area contributed by atoms with Gasteiger partial charge in [-0.05, 0) is 32.7 Å². The van der Waals surface area contributed by atoms with Gasteiger partial charge in [0.1, 0.15) is 0 Å². The summed E-state index contributed by atoms with van der Waals surface area (Å²) in [5, 5.41) is 19.3. The van der Waals surface area contributed by atoms with E-state index in [1.54, 1.807) is 6.92 Å². The van der Waals surface area contributed by atoms with E-state index in [9.17, 15) is 9.90 Å². The van der Waals surface area contributed by atoms with Gasteiger partial charge >= 0.3 is 5.97 Å². The largest absolute Gasteiger partial charge is 0.481 e. The number of β-amino-alcohol motifs (C(OH)–C–C–N with tert-alkyl or cyclic N) is 1. The number of carbonyl (C=O) groups is 1. The maximum Gasteiger partial charge on any atom is 0.310 e. The SMILES string of the molecule is CC(C)C(C)(O)CN1CCC(C)(C(=O)O)C1. The average molecular weight is 229 g/mol. The van der Waals surface area contributed by atoms with Crippen molar-refractivity contribution in [3.8, 4) is 0 Å². The van der Waals surface area contributed by atoms with E-state index in [1.807, 2.05) is 25.7 Å². The Bertz CT molecular complexity index is 275. The lowest BCUT2D eigenvalue weighted by Gasteiger charge is -2.32. The molecule has 4 heteroatoms. The molecule has 1 rings (SSSR count). The van der Waals surface area contributed by atoms with E-state index < -0.39 is 17.0 Å². The van der Waals surface area contributed by atoms with Crippen molar-refractivity contribution in [2.75, 3.05) is 19.6 Å². The van der Waals surface area contributed by atoms with Gasteiger partial charge in [0, 0.05) is 13.1 Å². The second kappa shape index (κ2) is 4.34. The molecule has 2 unspecified atom stereocenters. The van der Waals surface area contributed by atoms with Crippen molar-refractivity contribution in [1.82, 2.24) is 4.90 Å². The summed E-state index contributed by atoms with van der Waals surface area (Å²) in [7, 11) is 0. The van der Waals surface area contributed by atoms with Gasteiger partial charge in [0.05, 0.1) is 11.0 Å². The predicted molar refractivity (Wildman–Crippen MR) is 62.3 cm³/mol. The first-order chi connectivity index (χ1) is 7.17. The molecule has 1 fully saturated rings. The minimum atomic E-state index is -0.746. The van der Waals surface area contributed by atoms with Crippen LogP contribution >= 0.6 is 0 Å². The molecule has 1 aliphatic rings. The lowest BCUT2D eigenvalue weighted by molar-refractivity contribution is -0.147. The molecule has 0 saturated carbocycles. The Kier molecular flexibility index (Phi) is 3.65. The van der Waals surface area contributed by atoms with E-state index in [0.717, 1.165) is 6.54 Å². The van der Waals surface area contributed by atoms with Crippen molar-refractivity contribution < 1.29 is 15.0 Å². The summed E-state index contributed by atoms with van der Waals surface area (Å²) < 4.78 is 0. The second-order valence-electron chi connectivity index (χ2n) is 5.84. The summed E-state index contributed by atoms with van der Waals surface area (Å²) in [5.74, 6) is -0.566. The first kappa shape index (κ1) is 13.5. The van der Waals surface area contributed by atoms with Gasteiger partial charge in [-0.3, -0.25) is 9.69 Å². The molecule has 0 aromatic rings. The van der Waals surface area contributed by atoms with Crippen molar-refractivity contribution in [3.63, 3.8) is 0 Å². The van der Waals surface area contributed by atoms with E-state index in [2.05, 4.69) is 0 Å². The lowest BCUT2D eigenvalue weighted by Crippen LogP contribution is -2.44. The summed E-state index contributed by atoms with van der Waals surface area (Å²) in [4.78, 5) is 13.1. The summed E-state index contributed by atoms with van der Waals surface area (Å²) in [6, 6.07) is 0. The van der Waals surface area contributed by atoms with Crippen LogP contribution in [0.15, 0.2) is 0 Å². The van der Waals surface area contributed by atoms with Crippen molar-refractivity contribution in [2.45, 2.75) is 39.7 Å². The van der Waals surface area contributed by atoms with Crippen molar-refractivity contribution in [3.05, 3.63) is 0 Å². The smallest absolute Gasteiger partial charge is 0.310 e. The van der Waals surface area contributed by atoms with Crippen LogP contribution in [0.5, 0.6) is 0 Å². The number of aliphatic hydroxyl groups is 1.